The van der Waals surface area contributed by atoms with Crippen molar-refractivity contribution in [3.63, 3.8) is 0 Å². The summed E-state index contributed by atoms with van der Waals surface area (Å²) in [5.74, 6) is 0. The summed E-state index contributed by atoms with van der Waals surface area (Å²) in [6.45, 7) is 0. The van der Waals surface area contributed by atoms with Gasteiger partial charge in [0.15, 0.2) is 0 Å². The van der Waals surface area contributed by atoms with E-state index in [4.69, 9.17) is 0 Å². The van der Waals surface area contributed by atoms with Crippen molar-refractivity contribution in [2.75, 3.05) is 0 Å². The van der Waals surface area contributed by atoms with Gasteiger partial charge in [-0.1, -0.05) is 0 Å². The van der Waals surface area contributed by atoms with Gasteiger partial charge in [-0.05, 0) is 31.3 Å². The summed E-state index contributed by atoms with van der Waals surface area (Å²) in [6.07, 6.45) is 9.69. The van der Waals surface area contributed by atoms with Gasteiger partial charge in [0.2, 0.25) is 0 Å². The van der Waals surface area contributed by atoms with Crippen LogP contribution in [0.2, 0.25) is 0 Å². The van der Waals surface area contributed by atoms with Crippen LogP contribution in [-0.2, 0) is 0 Å². The zero-order valence-electron chi connectivity index (χ0n) is 6.58. The number of hydrogen-bond donors (Lipinski definition) is 0. The third-order valence-electron chi connectivity index (χ3n) is 2.27. The molecule has 0 spiro atoms. The Balaban J connectivity index is 2.26. The molecular formula is C9H12N2. The van der Waals surface area contributed by atoms with E-state index in [1.54, 1.807) is 6.34 Å². The van der Waals surface area contributed by atoms with Crippen LogP contribution in [0.25, 0.3) is 0 Å². The van der Waals surface area contributed by atoms with Crippen LogP contribution in [0.1, 0.15) is 32.1 Å². The van der Waals surface area contributed by atoms with E-state index >= 15 is 0 Å². The zero-order valence-corrected chi connectivity index (χ0v) is 6.58. The minimum absolute atomic E-state index is 1.02. The van der Waals surface area contributed by atoms with Crippen molar-refractivity contribution >= 4 is 12.6 Å². The lowest BCUT2D eigenvalue weighted by Gasteiger charge is -2.14. The van der Waals surface area contributed by atoms with Gasteiger partial charge < -0.3 is 0 Å². The van der Waals surface area contributed by atoms with Gasteiger partial charge in [0.1, 0.15) is 6.34 Å². The lowest BCUT2D eigenvalue weighted by Crippen LogP contribution is -1.97. The molecule has 0 aromatic carbocycles. The summed E-state index contributed by atoms with van der Waals surface area (Å²) >= 11 is 0. The fraction of sp³-hybridized carbons (Fsp3) is 0.556. The highest BCUT2D eigenvalue weighted by molar-refractivity contribution is 5.76. The molecule has 58 valence electrons. The molecule has 0 saturated carbocycles. The van der Waals surface area contributed by atoms with Crippen molar-refractivity contribution < 1.29 is 0 Å². The average Bonchev–Trinajstić information content (AvgIpc) is 2.28. The molecular weight excluding hydrogens is 136 g/mol. The fourth-order valence-corrected chi connectivity index (χ4v) is 1.64. The van der Waals surface area contributed by atoms with Gasteiger partial charge >= 0.3 is 0 Å². The molecule has 0 saturated heterocycles. The van der Waals surface area contributed by atoms with E-state index in [1.807, 2.05) is 6.21 Å². The summed E-state index contributed by atoms with van der Waals surface area (Å²) in [6, 6.07) is 0. The molecule has 2 rings (SSSR count). The highest BCUT2D eigenvalue weighted by atomic mass is 14.9. The maximum absolute atomic E-state index is 4.30. The van der Waals surface area contributed by atoms with Crippen molar-refractivity contribution in [1.29, 1.82) is 0 Å². The van der Waals surface area contributed by atoms with Crippen molar-refractivity contribution in [1.82, 2.24) is 0 Å². The Labute approximate surface area is 66.7 Å². The quantitative estimate of drug-likeness (QED) is 0.503. The Morgan fingerprint density at radius 1 is 1.18 bits per heavy atom. The summed E-state index contributed by atoms with van der Waals surface area (Å²) in [7, 11) is 0. The summed E-state index contributed by atoms with van der Waals surface area (Å²) in [4.78, 5) is 8.34. The van der Waals surface area contributed by atoms with Crippen LogP contribution in [0.15, 0.2) is 21.3 Å². The van der Waals surface area contributed by atoms with Gasteiger partial charge in [-0.15, -0.1) is 0 Å². The van der Waals surface area contributed by atoms with Crippen LogP contribution >= 0.6 is 0 Å². The van der Waals surface area contributed by atoms with E-state index in [-0.39, 0.29) is 0 Å². The molecule has 0 bridgehead atoms. The number of allylic oxidation sites excluding steroid dienone is 2. The Morgan fingerprint density at radius 3 is 3.09 bits per heavy atom. The smallest absolute Gasteiger partial charge is 0.115 e. The summed E-state index contributed by atoms with van der Waals surface area (Å²) in [5, 5.41) is 0. The lowest BCUT2D eigenvalue weighted by molar-refractivity contribution is 0.663. The minimum atomic E-state index is 1.02. The van der Waals surface area contributed by atoms with E-state index < -0.39 is 0 Å². The van der Waals surface area contributed by atoms with Crippen LogP contribution in [0.4, 0.5) is 0 Å². The van der Waals surface area contributed by atoms with E-state index in [9.17, 15) is 0 Å². The fourth-order valence-electron chi connectivity index (χ4n) is 1.64. The molecule has 2 aliphatic rings. The van der Waals surface area contributed by atoms with E-state index in [0.29, 0.717) is 0 Å². The molecule has 0 amide bonds. The Bertz CT molecular complexity index is 236. The van der Waals surface area contributed by atoms with Gasteiger partial charge in [0.25, 0.3) is 0 Å². The standard InChI is InChI=1S/C9H12N2/c1-2-4-9-8(3-1)5-6-10-7-11-9/h6-7H,1-5H2. The zero-order chi connectivity index (χ0) is 7.52. The predicted octanol–water partition coefficient (Wildman–Crippen LogP) is 2.32. The largest absolute Gasteiger partial charge is 0.249 e. The van der Waals surface area contributed by atoms with E-state index in [0.717, 1.165) is 12.8 Å². The molecule has 0 fully saturated rings. The summed E-state index contributed by atoms with van der Waals surface area (Å²) < 4.78 is 0. The third-order valence-corrected chi connectivity index (χ3v) is 2.27. The highest BCUT2D eigenvalue weighted by Gasteiger charge is 2.11. The van der Waals surface area contributed by atoms with Crippen LogP contribution < -0.4 is 0 Å². The summed E-state index contributed by atoms with van der Waals surface area (Å²) in [5.41, 5.74) is 2.81. The number of rotatable bonds is 0. The second kappa shape index (κ2) is 2.99. The topological polar surface area (TPSA) is 24.7 Å². The molecule has 1 aliphatic carbocycles. The molecule has 11 heavy (non-hydrogen) atoms. The molecule has 0 atom stereocenters. The Kier molecular flexibility index (Phi) is 1.84. The third kappa shape index (κ3) is 1.39. The maximum atomic E-state index is 4.30. The van der Waals surface area contributed by atoms with Crippen molar-refractivity contribution in [3.8, 4) is 0 Å². The predicted molar refractivity (Wildman–Crippen MR) is 47.1 cm³/mol. The van der Waals surface area contributed by atoms with Crippen LogP contribution in [-0.4, -0.2) is 12.6 Å². The van der Waals surface area contributed by atoms with Crippen molar-refractivity contribution in [3.05, 3.63) is 11.3 Å². The molecule has 2 nitrogen and oxygen atoms in total. The second-order valence-corrected chi connectivity index (χ2v) is 3.04. The van der Waals surface area contributed by atoms with Crippen LogP contribution in [0, 0.1) is 0 Å². The van der Waals surface area contributed by atoms with Crippen molar-refractivity contribution in [2.45, 2.75) is 32.1 Å². The van der Waals surface area contributed by atoms with Gasteiger partial charge in [-0.3, -0.25) is 0 Å². The molecule has 0 aromatic rings. The first-order chi connectivity index (χ1) is 5.47. The molecule has 1 aliphatic heterocycles. The van der Waals surface area contributed by atoms with Gasteiger partial charge in [0, 0.05) is 18.3 Å². The minimum Gasteiger partial charge on any atom is -0.249 e. The molecule has 0 N–H and O–H groups in total. The van der Waals surface area contributed by atoms with Crippen molar-refractivity contribution in [2.24, 2.45) is 9.98 Å². The van der Waals surface area contributed by atoms with Gasteiger partial charge in [-0.25, -0.2) is 9.98 Å². The number of aliphatic imine (C=N–C) groups is 2. The van der Waals surface area contributed by atoms with Gasteiger partial charge in [0.05, 0.1) is 0 Å². The van der Waals surface area contributed by atoms with Gasteiger partial charge in [-0.2, -0.15) is 0 Å². The molecule has 1 heterocycles. The lowest BCUT2D eigenvalue weighted by atomic mass is 9.95. The Morgan fingerprint density at radius 2 is 2.09 bits per heavy atom. The molecule has 2 heteroatoms. The molecule has 0 radical (unpaired) electrons. The maximum Gasteiger partial charge on any atom is 0.115 e. The monoisotopic (exact) mass is 148 g/mol. The number of nitrogens with zero attached hydrogens (tertiary/aromatic N) is 2. The average molecular weight is 148 g/mol. The molecule has 0 aromatic heterocycles. The normalized spacial score (nSPS) is 23.3. The SMILES string of the molecule is C1=NC=NC2=C(C1)CCCC2. The van der Waals surface area contributed by atoms with Crippen LogP contribution in [0.5, 0.6) is 0 Å². The number of hydrogen-bond acceptors (Lipinski definition) is 2. The van der Waals surface area contributed by atoms with Crippen LogP contribution in [0.3, 0.4) is 0 Å². The first kappa shape index (κ1) is 6.77. The first-order valence-electron chi connectivity index (χ1n) is 4.22. The Hall–Kier alpha value is -0.920. The van der Waals surface area contributed by atoms with E-state index in [1.165, 1.54) is 30.5 Å². The second-order valence-electron chi connectivity index (χ2n) is 3.04. The highest BCUT2D eigenvalue weighted by Crippen LogP contribution is 2.27. The van der Waals surface area contributed by atoms with E-state index in [2.05, 4.69) is 9.98 Å². The molecule has 0 unspecified atom stereocenters. The first-order valence-corrected chi connectivity index (χ1v) is 4.22.